The zero-order valence-corrected chi connectivity index (χ0v) is 9.21. The second-order valence-electron chi connectivity index (χ2n) is 4.42. The van der Waals surface area contributed by atoms with E-state index in [0.29, 0.717) is 18.0 Å². The first-order valence-electron chi connectivity index (χ1n) is 5.08. The van der Waals surface area contributed by atoms with E-state index in [0.717, 1.165) is 19.8 Å². The number of ether oxygens (including phenoxy) is 1. The van der Waals surface area contributed by atoms with Gasteiger partial charge in [0.2, 0.25) is 0 Å². The largest absolute Gasteiger partial charge is 0.378 e. The SMILES string of the molecule is CC(C)C(CNC1COC1)N(C)C. The molecule has 1 rings (SSSR count). The van der Waals surface area contributed by atoms with Gasteiger partial charge in [0.05, 0.1) is 19.3 Å². The van der Waals surface area contributed by atoms with Crippen LogP contribution in [-0.4, -0.2) is 50.8 Å². The third kappa shape index (κ3) is 3.25. The van der Waals surface area contributed by atoms with Crippen molar-refractivity contribution < 1.29 is 4.74 Å². The van der Waals surface area contributed by atoms with Crippen molar-refractivity contribution >= 4 is 0 Å². The summed E-state index contributed by atoms with van der Waals surface area (Å²) in [4.78, 5) is 2.29. The van der Waals surface area contributed by atoms with Crippen LogP contribution < -0.4 is 5.32 Å². The lowest BCUT2D eigenvalue weighted by atomic mass is 10.0. The average molecular weight is 186 g/mol. The van der Waals surface area contributed by atoms with Crippen LogP contribution in [0.4, 0.5) is 0 Å². The molecule has 13 heavy (non-hydrogen) atoms. The molecule has 0 amide bonds. The van der Waals surface area contributed by atoms with E-state index in [1.54, 1.807) is 0 Å². The first kappa shape index (κ1) is 11.0. The summed E-state index contributed by atoms with van der Waals surface area (Å²) in [7, 11) is 4.28. The van der Waals surface area contributed by atoms with Crippen molar-refractivity contribution in [1.29, 1.82) is 0 Å². The zero-order chi connectivity index (χ0) is 9.84. The van der Waals surface area contributed by atoms with Gasteiger partial charge in [-0.2, -0.15) is 0 Å². The van der Waals surface area contributed by atoms with Crippen molar-refractivity contribution in [2.45, 2.75) is 25.9 Å². The maximum absolute atomic E-state index is 5.11. The van der Waals surface area contributed by atoms with Gasteiger partial charge in [0, 0.05) is 12.6 Å². The van der Waals surface area contributed by atoms with Gasteiger partial charge in [-0.25, -0.2) is 0 Å². The van der Waals surface area contributed by atoms with Crippen LogP contribution in [0.5, 0.6) is 0 Å². The van der Waals surface area contributed by atoms with Crippen LogP contribution in [-0.2, 0) is 4.74 Å². The van der Waals surface area contributed by atoms with Gasteiger partial charge in [-0.15, -0.1) is 0 Å². The molecule has 0 saturated carbocycles. The summed E-state index contributed by atoms with van der Waals surface area (Å²) in [5.74, 6) is 0.698. The monoisotopic (exact) mass is 186 g/mol. The van der Waals surface area contributed by atoms with Crippen LogP contribution in [0.25, 0.3) is 0 Å². The first-order valence-corrected chi connectivity index (χ1v) is 5.08. The van der Waals surface area contributed by atoms with Gasteiger partial charge in [-0.3, -0.25) is 0 Å². The molecule has 0 aliphatic carbocycles. The van der Waals surface area contributed by atoms with Crippen molar-refractivity contribution in [2.24, 2.45) is 5.92 Å². The van der Waals surface area contributed by atoms with Crippen molar-refractivity contribution in [2.75, 3.05) is 33.9 Å². The standard InChI is InChI=1S/C10H22N2O/c1-8(2)10(12(3)4)5-11-9-6-13-7-9/h8-11H,5-7H2,1-4H3. The Morgan fingerprint density at radius 1 is 1.38 bits per heavy atom. The molecule has 0 spiro atoms. The van der Waals surface area contributed by atoms with Crippen molar-refractivity contribution in [3.05, 3.63) is 0 Å². The molecule has 3 nitrogen and oxygen atoms in total. The lowest BCUT2D eigenvalue weighted by Gasteiger charge is -2.33. The van der Waals surface area contributed by atoms with Crippen LogP contribution in [0, 0.1) is 5.92 Å². The van der Waals surface area contributed by atoms with Crippen LogP contribution in [0.2, 0.25) is 0 Å². The minimum Gasteiger partial charge on any atom is -0.378 e. The van der Waals surface area contributed by atoms with Crippen molar-refractivity contribution in [1.82, 2.24) is 10.2 Å². The molecule has 1 saturated heterocycles. The highest BCUT2D eigenvalue weighted by atomic mass is 16.5. The van der Waals surface area contributed by atoms with Gasteiger partial charge in [-0.05, 0) is 20.0 Å². The molecule has 1 heterocycles. The maximum atomic E-state index is 5.11. The molecule has 1 atom stereocenters. The Morgan fingerprint density at radius 3 is 2.31 bits per heavy atom. The molecule has 1 fully saturated rings. The van der Waals surface area contributed by atoms with E-state index in [1.807, 2.05) is 0 Å². The van der Waals surface area contributed by atoms with Gasteiger partial charge in [-0.1, -0.05) is 13.8 Å². The highest BCUT2D eigenvalue weighted by molar-refractivity contribution is 4.79. The van der Waals surface area contributed by atoms with Crippen molar-refractivity contribution in [3.8, 4) is 0 Å². The normalized spacial score (nSPS) is 20.8. The first-order chi connectivity index (χ1) is 6.11. The smallest absolute Gasteiger partial charge is 0.0643 e. The Bertz CT molecular complexity index is 136. The minimum atomic E-state index is 0.598. The molecule has 0 aromatic carbocycles. The summed E-state index contributed by atoms with van der Waals surface area (Å²) in [5.41, 5.74) is 0. The van der Waals surface area contributed by atoms with Gasteiger partial charge in [0.25, 0.3) is 0 Å². The topological polar surface area (TPSA) is 24.5 Å². The second kappa shape index (κ2) is 4.94. The fourth-order valence-corrected chi connectivity index (χ4v) is 1.66. The highest BCUT2D eigenvalue weighted by Gasteiger charge is 2.21. The number of hydrogen-bond acceptors (Lipinski definition) is 3. The Kier molecular flexibility index (Phi) is 4.16. The third-order valence-corrected chi connectivity index (χ3v) is 2.69. The predicted octanol–water partition coefficient (Wildman–Crippen LogP) is 0.561. The Balaban J connectivity index is 2.21. The van der Waals surface area contributed by atoms with E-state index in [-0.39, 0.29) is 0 Å². The Hall–Kier alpha value is -0.120. The van der Waals surface area contributed by atoms with Gasteiger partial charge in [0.1, 0.15) is 0 Å². The van der Waals surface area contributed by atoms with Crippen LogP contribution in [0.15, 0.2) is 0 Å². The Labute approximate surface area is 81.4 Å². The number of likely N-dealkylation sites (N-methyl/N-ethyl adjacent to an activating group) is 1. The average Bonchev–Trinajstić information content (AvgIpc) is 1.92. The molecule has 78 valence electrons. The van der Waals surface area contributed by atoms with Gasteiger partial charge in [0.15, 0.2) is 0 Å². The van der Waals surface area contributed by atoms with E-state index >= 15 is 0 Å². The quantitative estimate of drug-likeness (QED) is 0.679. The predicted molar refractivity (Wildman–Crippen MR) is 54.9 cm³/mol. The van der Waals surface area contributed by atoms with E-state index in [1.165, 1.54) is 0 Å². The number of hydrogen-bond donors (Lipinski definition) is 1. The molecule has 0 aromatic rings. The molecule has 1 aliphatic rings. The summed E-state index contributed by atoms with van der Waals surface area (Å²) in [6.07, 6.45) is 0. The summed E-state index contributed by atoms with van der Waals surface area (Å²) in [5, 5.41) is 3.52. The van der Waals surface area contributed by atoms with E-state index in [9.17, 15) is 0 Å². The van der Waals surface area contributed by atoms with Crippen LogP contribution >= 0.6 is 0 Å². The lowest BCUT2D eigenvalue weighted by Crippen LogP contribution is -2.51. The summed E-state index contributed by atoms with van der Waals surface area (Å²) in [6, 6.07) is 1.22. The molecule has 1 aliphatic heterocycles. The lowest BCUT2D eigenvalue weighted by molar-refractivity contribution is -0.00810. The number of nitrogens with one attached hydrogen (secondary N) is 1. The molecule has 3 heteroatoms. The van der Waals surface area contributed by atoms with Gasteiger partial charge >= 0.3 is 0 Å². The summed E-state index contributed by atoms with van der Waals surface area (Å²) in [6.45, 7) is 7.38. The fraction of sp³-hybridized carbons (Fsp3) is 1.00. The minimum absolute atomic E-state index is 0.598. The second-order valence-corrected chi connectivity index (χ2v) is 4.42. The molecular formula is C10H22N2O. The molecule has 1 unspecified atom stereocenters. The molecule has 0 bridgehead atoms. The molecule has 0 radical (unpaired) electrons. The van der Waals surface area contributed by atoms with E-state index in [2.05, 4.69) is 38.2 Å². The zero-order valence-electron chi connectivity index (χ0n) is 9.21. The van der Waals surface area contributed by atoms with Crippen LogP contribution in [0.3, 0.4) is 0 Å². The molecular weight excluding hydrogens is 164 g/mol. The fourth-order valence-electron chi connectivity index (χ4n) is 1.66. The van der Waals surface area contributed by atoms with E-state index < -0.39 is 0 Å². The Morgan fingerprint density at radius 2 is 2.00 bits per heavy atom. The number of nitrogens with zero attached hydrogens (tertiary/aromatic N) is 1. The molecule has 1 N–H and O–H groups in total. The highest BCUT2D eigenvalue weighted by Crippen LogP contribution is 2.07. The summed E-state index contributed by atoms with van der Waals surface area (Å²) >= 11 is 0. The van der Waals surface area contributed by atoms with Crippen molar-refractivity contribution in [3.63, 3.8) is 0 Å². The molecule has 0 aromatic heterocycles. The maximum Gasteiger partial charge on any atom is 0.0643 e. The summed E-state index contributed by atoms with van der Waals surface area (Å²) < 4.78 is 5.11. The number of rotatable bonds is 5. The third-order valence-electron chi connectivity index (χ3n) is 2.69. The van der Waals surface area contributed by atoms with Gasteiger partial charge < -0.3 is 15.0 Å². The van der Waals surface area contributed by atoms with E-state index in [4.69, 9.17) is 4.74 Å². The van der Waals surface area contributed by atoms with Crippen LogP contribution in [0.1, 0.15) is 13.8 Å².